The first-order chi connectivity index (χ1) is 11.3. The van der Waals surface area contributed by atoms with Gasteiger partial charge in [0.05, 0.1) is 16.7 Å². The molecule has 0 radical (unpaired) electrons. The van der Waals surface area contributed by atoms with Crippen molar-refractivity contribution >= 4 is 57.8 Å². The molecule has 24 heavy (non-hydrogen) atoms. The SMILES string of the molecule is O=C(NC(=S)Nc1ccc([N+](=O)[O-])cc1O)c1cc(Cl)cc(Cl)c1. The number of benzene rings is 2. The van der Waals surface area contributed by atoms with Gasteiger partial charge in [-0.15, -0.1) is 0 Å². The van der Waals surface area contributed by atoms with E-state index in [9.17, 15) is 20.0 Å². The molecule has 0 aromatic heterocycles. The average Bonchev–Trinajstić information content (AvgIpc) is 2.48. The summed E-state index contributed by atoms with van der Waals surface area (Å²) in [5, 5.41) is 25.8. The second kappa shape index (κ2) is 7.43. The van der Waals surface area contributed by atoms with E-state index in [1.54, 1.807) is 0 Å². The maximum absolute atomic E-state index is 12.1. The number of hydrogen-bond donors (Lipinski definition) is 3. The number of hydrogen-bond acceptors (Lipinski definition) is 5. The average molecular weight is 386 g/mol. The van der Waals surface area contributed by atoms with Crippen molar-refractivity contribution in [2.24, 2.45) is 0 Å². The summed E-state index contributed by atoms with van der Waals surface area (Å²) in [6.45, 7) is 0. The van der Waals surface area contributed by atoms with Crippen LogP contribution < -0.4 is 10.6 Å². The number of carbonyl (C=O) groups excluding carboxylic acids is 1. The maximum Gasteiger partial charge on any atom is 0.273 e. The second-order valence-corrected chi connectivity index (χ2v) is 5.81. The van der Waals surface area contributed by atoms with Crippen LogP contribution in [-0.4, -0.2) is 21.0 Å². The zero-order valence-corrected chi connectivity index (χ0v) is 14.1. The summed E-state index contributed by atoms with van der Waals surface area (Å²) in [4.78, 5) is 22.0. The lowest BCUT2D eigenvalue weighted by Crippen LogP contribution is -2.34. The first-order valence-corrected chi connectivity index (χ1v) is 7.48. The zero-order chi connectivity index (χ0) is 17.9. The number of thiocarbonyl (C=S) groups is 1. The Labute approximate surface area is 151 Å². The summed E-state index contributed by atoms with van der Waals surface area (Å²) in [6.07, 6.45) is 0. The van der Waals surface area contributed by atoms with Crippen LogP contribution in [0.15, 0.2) is 36.4 Å². The van der Waals surface area contributed by atoms with Crippen LogP contribution in [0.3, 0.4) is 0 Å². The molecule has 0 bridgehead atoms. The van der Waals surface area contributed by atoms with Gasteiger partial charge in [0.2, 0.25) is 0 Å². The fourth-order valence-electron chi connectivity index (χ4n) is 1.75. The van der Waals surface area contributed by atoms with Gasteiger partial charge in [0.25, 0.3) is 11.6 Å². The lowest BCUT2D eigenvalue weighted by Gasteiger charge is -2.11. The van der Waals surface area contributed by atoms with Crippen LogP contribution in [0.2, 0.25) is 10.0 Å². The quantitative estimate of drug-likeness (QED) is 0.321. The van der Waals surface area contributed by atoms with E-state index in [2.05, 4.69) is 10.6 Å². The van der Waals surface area contributed by atoms with Crippen LogP contribution in [-0.2, 0) is 0 Å². The first kappa shape index (κ1) is 17.9. The van der Waals surface area contributed by atoms with E-state index in [1.807, 2.05) is 0 Å². The second-order valence-electron chi connectivity index (χ2n) is 4.52. The lowest BCUT2D eigenvalue weighted by molar-refractivity contribution is -0.384. The minimum absolute atomic E-state index is 0.107. The maximum atomic E-state index is 12.1. The van der Waals surface area contributed by atoms with Gasteiger partial charge in [-0.2, -0.15) is 0 Å². The van der Waals surface area contributed by atoms with Crippen LogP contribution >= 0.6 is 35.4 Å². The van der Waals surface area contributed by atoms with Crippen LogP contribution in [0.1, 0.15) is 10.4 Å². The number of amides is 1. The fraction of sp³-hybridized carbons (Fsp3) is 0. The van der Waals surface area contributed by atoms with Gasteiger partial charge in [0.1, 0.15) is 5.75 Å². The summed E-state index contributed by atoms with van der Waals surface area (Å²) in [5.74, 6) is -0.940. The van der Waals surface area contributed by atoms with Crippen molar-refractivity contribution in [2.75, 3.05) is 5.32 Å². The Balaban J connectivity index is 2.08. The van der Waals surface area contributed by atoms with Crippen LogP contribution in [0, 0.1) is 10.1 Å². The molecule has 0 aliphatic rings. The highest BCUT2D eigenvalue weighted by Crippen LogP contribution is 2.27. The number of halogens is 2. The molecule has 0 unspecified atom stereocenters. The van der Waals surface area contributed by atoms with Crippen LogP contribution in [0.4, 0.5) is 11.4 Å². The molecule has 0 aliphatic heterocycles. The number of phenolic OH excluding ortho intramolecular Hbond substituents is 1. The van der Waals surface area contributed by atoms with Gasteiger partial charge in [0, 0.05) is 21.7 Å². The fourth-order valence-corrected chi connectivity index (χ4v) is 2.48. The summed E-state index contributed by atoms with van der Waals surface area (Å²) in [5.41, 5.74) is 0.0289. The molecule has 2 rings (SSSR count). The molecule has 0 spiro atoms. The zero-order valence-electron chi connectivity index (χ0n) is 11.7. The minimum Gasteiger partial charge on any atom is -0.506 e. The van der Waals surface area contributed by atoms with E-state index in [0.717, 1.165) is 6.07 Å². The van der Waals surface area contributed by atoms with Gasteiger partial charge in [-0.1, -0.05) is 23.2 Å². The molecule has 2 aromatic carbocycles. The predicted molar refractivity (Wildman–Crippen MR) is 94.9 cm³/mol. The molecule has 0 fully saturated rings. The Hall–Kier alpha value is -2.42. The van der Waals surface area contributed by atoms with Gasteiger partial charge < -0.3 is 10.4 Å². The van der Waals surface area contributed by atoms with E-state index in [0.29, 0.717) is 10.0 Å². The molecule has 2 aromatic rings. The third kappa shape index (κ3) is 4.54. The number of carbonyl (C=O) groups is 1. The van der Waals surface area contributed by atoms with Crippen molar-refractivity contribution in [3.8, 4) is 5.75 Å². The lowest BCUT2D eigenvalue weighted by atomic mass is 10.2. The molecule has 1 amide bonds. The number of nitro benzene ring substituents is 1. The van der Waals surface area contributed by atoms with E-state index in [4.69, 9.17) is 35.4 Å². The van der Waals surface area contributed by atoms with E-state index in [1.165, 1.54) is 30.3 Å². The van der Waals surface area contributed by atoms with Gasteiger partial charge in [-0.05, 0) is 36.5 Å². The van der Waals surface area contributed by atoms with Crippen LogP contribution in [0.25, 0.3) is 0 Å². The molecule has 10 heteroatoms. The Morgan fingerprint density at radius 1 is 1.17 bits per heavy atom. The normalized spacial score (nSPS) is 10.1. The Morgan fingerprint density at radius 2 is 1.79 bits per heavy atom. The molecule has 0 heterocycles. The molecule has 0 atom stereocenters. The third-order valence-electron chi connectivity index (χ3n) is 2.79. The number of nitrogens with one attached hydrogen (secondary N) is 2. The number of nitrogens with zero attached hydrogens (tertiary/aromatic N) is 1. The number of non-ortho nitro benzene ring substituents is 1. The monoisotopic (exact) mass is 385 g/mol. The molecular weight excluding hydrogens is 377 g/mol. The van der Waals surface area contributed by atoms with Gasteiger partial charge in [0.15, 0.2) is 5.11 Å². The number of aromatic hydroxyl groups is 1. The largest absolute Gasteiger partial charge is 0.506 e. The van der Waals surface area contributed by atoms with E-state index >= 15 is 0 Å². The van der Waals surface area contributed by atoms with Gasteiger partial charge in [-0.3, -0.25) is 20.2 Å². The number of rotatable bonds is 3. The highest BCUT2D eigenvalue weighted by molar-refractivity contribution is 7.80. The highest BCUT2D eigenvalue weighted by Gasteiger charge is 2.13. The smallest absolute Gasteiger partial charge is 0.273 e. The van der Waals surface area contributed by atoms with Crippen molar-refractivity contribution in [3.05, 3.63) is 62.1 Å². The van der Waals surface area contributed by atoms with Crippen molar-refractivity contribution in [1.29, 1.82) is 0 Å². The van der Waals surface area contributed by atoms with Crippen molar-refractivity contribution < 1.29 is 14.8 Å². The van der Waals surface area contributed by atoms with Crippen molar-refractivity contribution in [3.63, 3.8) is 0 Å². The summed E-state index contributed by atoms with van der Waals surface area (Å²) >= 11 is 16.6. The molecule has 3 N–H and O–H groups in total. The van der Waals surface area contributed by atoms with Crippen LogP contribution in [0.5, 0.6) is 5.75 Å². The molecule has 0 aliphatic carbocycles. The van der Waals surface area contributed by atoms with E-state index < -0.39 is 10.8 Å². The summed E-state index contributed by atoms with van der Waals surface area (Å²) in [6, 6.07) is 7.71. The molecule has 124 valence electrons. The molecule has 7 nitrogen and oxygen atoms in total. The molecule has 0 saturated heterocycles. The topological polar surface area (TPSA) is 104 Å². The van der Waals surface area contributed by atoms with Crippen molar-refractivity contribution in [2.45, 2.75) is 0 Å². The predicted octanol–water partition coefficient (Wildman–Crippen LogP) is 3.73. The summed E-state index contributed by atoms with van der Waals surface area (Å²) < 4.78 is 0. The highest BCUT2D eigenvalue weighted by atomic mass is 35.5. The number of nitro groups is 1. The van der Waals surface area contributed by atoms with Gasteiger partial charge >= 0.3 is 0 Å². The van der Waals surface area contributed by atoms with E-state index in [-0.39, 0.29) is 27.8 Å². The Morgan fingerprint density at radius 3 is 2.33 bits per heavy atom. The van der Waals surface area contributed by atoms with Crippen molar-refractivity contribution in [1.82, 2.24) is 5.32 Å². The first-order valence-electron chi connectivity index (χ1n) is 6.32. The third-order valence-corrected chi connectivity index (χ3v) is 3.43. The molecule has 0 saturated carbocycles. The summed E-state index contributed by atoms with van der Waals surface area (Å²) in [7, 11) is 0. The Bertz CT molecular complexity index is 825. The Kier molecular flexibility index (Phi) is 5.55. The van der Waals surface area contributed by atoms with Gasteiger partial charge in [-0.25, -0.2) is 0 Å². The standard InChI is InChI=1S/C14H9Cl2N3O4S/c15-8-3-7(4-9(16)5-8)13(21)18-14(24)17-11-2-1-10(19(22)23)6-12(11)20/h1-6,20H,(H2,17,18,21,24). The molecular formula is C14H9Cl2N3O4S. The number of phenols is 1. The number of anilines is 1. The minimum atomic E-state index is -0.646.